The molecule has 1 saturated heterocycles. The van der Waals surface area contributed by atoms with Crippen LogP contribution >= 0.6 is 0 Å². The van der Waals surface area contributed by atoms with Crippen LogP contribution in [0.2, 0.25) is 0 Å². The highest BCUT2D eigenvalue weighted by atomic mass is 16.2. The third-order valence-corrected chi connectivity index (χ3v) is 6.17. The van der Waals surface area contributed by atoms with Gasteiger partial charge in [0.25, 0.3) is 0 Å². The molecule has 28 heavy (non-hydrogen) atoms. The van der Waals surface area contributed by atoms with Gasteiger partial charge < -0.3 is 9.80 Å². The third-order valence-electron chi connectivity index (χ3n) is 6.17. The highest BCUT2D eigenvalue weighted by Crippen LogP contribution is 2.26. The van der Waals surface area contributed by atoms with Gasteiger partial charge in [-0.1, -0.05) is 12.1 Å². The minimum Gasteiger partial charge on any atom is -0.368 e. The number of rotatable bonds is 4. The summed E-state index contributed by atoms with van der Waals surface area (Å²) in [5.41, 5.74) is 6.56. The molecule has 1 aliphatic heterocycles. The van der Waals surface area contributed by atoms with Crippen LogP contribution in [0.4, 0.5) is 5.69 Å². The molecule has 1 fully saturated rings. The van der Waals surface area contributed by atoms with Crippen LogP contribution in [-0.2, 0) is 24.2 Å². The maximum absolute atomic E-state index is 12.9. The summed E-state index contributed by atoms with van der Waals surface area (Å²) in [5, 5.41) is 4.46. The highest BCUT2D eigenvalue weighted by Gasteiger charge is 2.27. The number of carbonyl (C=O) groups is 2. The van der Waals surface area contributed by atoms with E-state index < -0.39 is 0 Å². The van der Waals surface area contributed by atoms with Crippen LogP contribution in [0.1, 0.15) is 46.2 Å². The fourth-order valence-electron chi connectivity index (χ4n) is 4.43. The Morgan fingerprint density at radius 2 is 1.82 bits per heavy atom. The normalized spacial score (nSPS) is 16.4. The minimum atomic E-state index is -0.00788. The Bertz CT molecular complexity index is 923. The van der Waals surface area contributed by atoms with Crippen LogP contribution < -0.4 is 4.90 Å². The van der Waals surface area contributed by atoms with Crippen LogP contribution in [0.15, 0.2) is 18.2 Å². The maximum Gasteiger partial charge on any atom is 0.244 e. The lowest BCUT2D eigenvalue weighted by atomic mass is 10.1. The summed E-state index contributed by atoms with van der Waals surface area (Å²) in [5.74, 6) is 0.0828. The molecule has 6 nitrogen and oxygen atoms in total. The molecule has 148 valence electrons. The van der Waals surface area contributed by atoms with Gasteiger partial charge in [0.15, 0.2) is 5.78 Å². The molecule has 0 spiro atoms. The molecule has 1 amide bonds. The molecule has 0 N–H and O–H groups in total. The van der Waals surface area contributed by atoms with Crippen LogP contribution in [0, 0.1) is 13.8 Å². The zero-order valence-corrected chi connectivity index (χ0v) is 17.0. The lowest BCUT2D eigenvalue weighted by Crippen LogP contribution is -2.50. The number of amides is 1. The molecular formula is C22H28N4O2. The van der Waals surface area contributed by atoms with Gasteiger partial charge in [0.05, 0.1) is 0 Å². The smallest absolute Gasteiger partial charge is 0.244 e. The standard InChI is InChI=1S/C22H28N4O2/c1-15-6-4-8-19(16(15)2)24-10-12-25(13-11-24)21(28)14-26-20-9-5-7-18(20)22(23-26)17(3)27/h4,6,8H,5,7,9-14H2,1-3H3. The number of aryl methyl sites for hydroxylation is 1. The molecule has 0 radical (unpaired) electrons. The second kappa shape index (κ2) is 7.41. The van der Waals surface area contributed by atoms with Gasteiger partial charge in [-0.15, -0.1) is 0 Å². The molecule has 1 aliphatic carbocycles. The van der Waals surface area contributed by atoms with Crippen molar-refractivity contribution in [3.63, 3.8) is 0 Å². The van der Waals surface area contributed by atoms with Crippen molar-refractivity contribution >= 4 is 17.4 Å². The summed E-state index contributed by atoms with van der Waals surface area (Å²) in [6, 6.07) is 6.40. The number of fused-ring (bicyclic) bond motifs is 1. The van der Waals surface area contributed by atoms with Crippen LogP contribution in [-0.4, -0.2) is 52.5 Å². The first-order valence-corrected chi connectivity index (χ1v) is 10.1. The number of ketones is 1. The van der Waals surface area contributed by atoms with Gasteiger partial charge in [-0.2, -0.15) is 5.10 Å². The van der Waals surface area contributed by atoms with Crippen LogP contribution in [0.25, 0.3) is 0 Å². The summed E-state index contributed by atoms with van der Waals surface area (Å²) in [6.45, 7) is 9.20. The van der Waals surface area contributed by atoms with Crippen molar-refractivity contribution in [2.75, 3.05) is 31.1 Å². The number of benzene rings is 1. The summed E-state index contributed by atoms with van der Waals surface area (Å²) in [4.78, 5) is 29.0. The second-order valence-electron chi connectivity index (χ2n) is 7.93. The summed E-state index contributed by atoms with van der Waals surface area (Å²) in [6.07, 6.45) is 2.84. The van der Waals surface area contributed by atoms with E-state index in [1.807, 2.05) is 4.90 Å². The molecule has 1 aromatic heterocycles. The first-order valence-electron chi connectivity index (χ1n) is 10.1. The zero-order chi connectivity index (χ0) is 19.8. The lowest BCUT2D eigenvalue weighted by molar-refractivity contribution is -0.132. The molecule has 2 heterocycles. The Kier molecular flexibility index (Phi) is 4.96. The largest absolute Gasteiger partial charge is 0.368 e. The van der Waals surface area contributed by atoms with Crippen molar-refractivity contribution in [1.82, 2.24) is 14.7 Å². The van der Waals surface area contributed by atoms with Gasteiger partial charge in [-0.3, -0.25) is 14.3 Å². The number of aromatic nitrogens is 2. The SMILES string of the molecule is CC(=O)c1nn(CC(=O)N2CCN(c3cccc(C)c3C)CC2)c2c1CCC2. The fraction of sp³-hybridized carbons (Fsp3) is 0.500. The van der Waals surface area contributed by atoms with Gasteiger partial charge in [-0.05, 0) is 50.3 Å². The van der Waals surface area contributed by atoms with Crippen molar-refractivity contribution in [2.24, 2.45) is 0 Å². The highest BCUT2D eigenvalue weighted by molar-refractivity contribution is 5.94. The maximum atomic E-state index is 12.9. The van der Waals surface area contributed by atoms with E-state index in [1.54, 1.807) is 11.6 Å². The van der Waals surface area contributed by atoms with Crippen molar-refractivity contribution in [2.45, 2.75) is 46.6 Å². The third kappa shape index (κ3) is 3.32. The average Bonchev–Trinajstić information content (AvgIpc) is 3.28. The molecule has 2 aromatic rings. The van der Waals surface area contributed by atoms with Crippen LogP contribution in [0.5, 0.6) is 0 Å². The molecule has 0 atom stereocenters. The topological polar surface area (TPSA) is 58.4 Å². The van der Waals surface area contributed by atoms with E-state index in [2.05, 4.69) is 42.0 Å². The monoisotopic (exact) mass is 380 g/mol. The molecule has 0 bridgehead atoms. The molecule has 6 heteroatoms. The van der Waals surface area contributed by atoms with Crippen molar-refractivity contribution in [3.8, 4) is 0 Å². The van der Waals surface area contributed by atoms with E-state index in [1.165, 1.54) is 16.8 Å². The number of anilines is 1. The molecule has 1 aromatic carbocycles. The van der Waals surface area contributed by atoms with Gasteiger partial charge in [-0.25, -0.2) is 0 Å². The van der Waals surface area contributed by atoms with Crippen molar-refractivity contribution < 1.29 is 9.59 Å². The predicted molar refractivity (Wildman–Crippen MR) is 109 cm³/mol. The van der Waals surface area contributed by atoms with Gasteiger partial charge >= 0.3 is 0 Å². The molecule has 0 unspecified atom stereocenters. The number of Topliss-reactive ketones (excluding diaryl/α,β-unsaturated/α-hetero) is 1. The molecular weight excluding hydrogens is 352 g/mol. The predicted octanol–water partition coefficient (Wildman–Crippen LogP) is 2.54. The van der Waals surface area contributed by atoms with Gasteiger partial charge in [0, 0.05) is 50.0 Å². The Hall–Kier alpha value is -2.63. The van der Waals surface area contributed by atoms with E-state index in [0.29, 0.717) is 5.69 Å². The number of nitrogens with zero attached hydrogens (tertiary/aromatic N) is 4. The molecule has 2 aliphatic rings. The molecule has 0 saturated carbocycles. The quantitative estimate of drug-likeness (QED) is 0.765. The van der Waals surface area contributed by atoms with Crippen LogP contribution in [0.3, 0.4) is 0 Å². The van der Waals surface area contributed by atoms with Gasteiger partial charge in [0.1, 0.15) is 12.2 Å². The molecule has 4 rings (SSSR count). The number of carbonyl (C=O) groups excluding carboxylic acids is 2. The van der Waals surface area contributed by atoms with E-state index in [4.69, 9.17) is 0 Å². The average molecular weight is 380 g/mol. The summed E-state index contributed by atoms with van der Waals surface area (Å²) < 4.78 is 1.78. The Balaban J connectivity index is 1.42. The zero-order valence-electron chi connectivity index (χ0n) is 17.0. The van der Waals surface area contributed by atoms with E-state index in [0.717, 1.165) is 56.7 Å². The number of hydrogen-bond acceptors (Lipinski definition) is 4. The Morgan fingerprint density at radius 1 is 1.07 bits per heavy atom. The summed E-state index contributed by atoms with van der Waals surface area (Å²) in [7, 11) is 0. The number of piperazine rings is 1. The number of hydrogen-bond donors (Lipinski definition) is 0. The summed E-state index contributed by atoms with van der Waals surface area (Å²) >= 11 is 0. The van der Waals surface area contributed by atoms with E-state index in [-0.39, 0.29) is 18.2 Å². The lowest BCUT2D eigenvalue weighted by Gasteiger charge is -2.37. The Morgan fingerprint density at radius 3 is 2.54 bits per heavy atom. The van der Waals surface area contributed by atoms with E-state index >= 15 is 0 Å². The van der Waals surface area contributed by atoms with E-state index in [9.17, 15) is 9.59 Å². The van der Waals surface area contributed by atoms with Crippen molar-refractivity contribution in [1.29, 1.82) is 0 Å². The first-order chi connectivity index (χ1) is 13.5. The van der Waals surface area contributed by atoms with Crippen molar-refractivity contribution in [3.05, 3.63) is 46.3 Å². The minimum absolute atomic E-state index is 0.00788. The first kappa shape index (κ1) is 18.7. The van der Waals surface area contributed by atoms with Gasteiger partial charge in [0.2, 0.25) is 5.91 Å². The fourth-order valence-corrected chi connectivity index (χ4v) is 4.43. The second-order valence-corrected chi connectivity index (χ2v) is 7.93. The Labute approximate surface area is 166 Å².